The Morgan fingerprint density at radius 2 is 1.54 bits per heavy atom. The second kappa shape index (κ2) is 9.02. The molecule has 13 heteroatoms. The van der Waals surface area contributed by atoms with Crippen LogP contribution in [0.5, 0.6) is 11.5 Å². The van der Waals surface area contributed by atoms with Crippen LogP contribution in [0, 0.1) is 11.3 Å². The van der Waals surface area contributed by atoms with Crippen molar-refractivity contribution >= 4 is 32.6 Å². The van der Waals surface area contributed by atoms with E-state index in [4.69, 9.17) is 13.6 Å². The third kappa shape index (κ3) is 5.92. The van der Waals surface area contributed by atoms with E-state index in [0.29, 0.717) is 0 Å². The van der Waals surface area contributed by atoms with Gasteiger partial charge in [0.2, 0.25) is 0 Å². The highest BCUT2D eigenvalue weighted by Gasteiger charge is 2.23. The summed E-state index contributed by atoms with van der Waals surface area (Å²) < 4.78 is 59.4. The van der Waals surface area contributed by atoms with Crippen LogP contribution in [0.2, 0.25) is 0 Å². The third-order valence-corrected chi connectivity index (χ3v) is 5.72. The number of hydrogen-bond donors (Lipinski definition) is 1. The summed E-state index contributed by atoms with van der Waals surface area (Å²) in [5.41, 5.74) is -0.0443. The summed E-state index contributed by atoms with van der Waals surface area (Å²) in [6.45, 7) is 0. The quantitative estimate of drug-likeness (QED) is 0.435. The number of carbonyl (C=O) groups excluding carboxylic acids is 1. The van der Waals surface area contributed by atoms with Crippen LogP contribution >= 0.6 is 0 Å². The van der Waals surface area contributed by atoms with E-state index in [0.717, 1.165) is 20.7 Å². The molecule has 0 aliphatic rings. The van der Waals surface area contributed by atoms with Gasteiger partial charge in [-0.1, -0.05) is 6.07 Å². The first kappa shape index (κ1) is 23.4. The Hall–Kier alpha value is -2.66. The Bertz CT molecular complexity index is 1020. The van der Waals surface area contributed by atoms with E-state index in [-0.39, 0.29) is 11.1 Å². The molecule has 0 bridgehead atoms. The lowest BCUT2D eigenvalue weighted by atomic mass is 10.1. The van der Waals surface area contributed by atoms with Crippen LogP contribution in [0.15, 0.2) is 23.8 Å². The summed E-state index contributed by atoms with van der Waals surface area (Å²) in [5.74, 6) is -1.49. The third-order valence-electron chi connectivity index (χ3n) is 3.16. The highest BCUT2D eigenvalue weighted by Crippen LogP contribution is 2.32. The fourth-order valence-electron chi connectivity index (χ4n) is 1.57. The lowest BCUT2D eigenvalue weighted by Crippen LogP contribution is -2.29. The Morgan fingerprint density at radius 3 is 1.96 bits per heavy atom. The highest BCUT2D eigenvalue weighted by atomic mass is 32.2. The Kier molecular flexibility index (Phi) is 7.53. The number of benzene rings is 1. The smallest absolute Gasteiger partial charge is 0.367 e. The van der Waals surface area contributed by atoms with Crippen LogP contribution < -0.4 is 13.7 Å². The van der Waals surface area contributed by atoms with Crippen molar-refractivity contribution in [2.24, 2.45) is 0 Å². The fourth-order valence-corrected chi connectivity index (χ4v) is 2.59. The van der Waals surface area contributed by atoms with Crippen LogP contribution in [0.3, 0.4) is 0 Å². The van der Waals surface area contributed by atoms with Crippen molar-refractivity contribution in [2.45, 2.75) is 0 Å². The van der Waals surface area contributed by atoms with Gasteiger partial charge in [0, 0.05) is 35.2 Å². The molecule has 0 aliphatic heterocycles. The first-order chi connectivity index (χ1) is 12.8. The fraction of sp³-hybridized carbons (Fsp3) is 0.333. The SMILES string of the molecule is CNC(=O)/C(C#N)=C/c1ccc(OS(=O)(=O)N(C)C)c(OS(=O)(=O)N(C)C)c1. The van der Waals surface area contributed by atoms with Crippen LogP contribution in [-0.2, 0) is 25.4 Å². The monoisotopic (exact) mass is 432 g/mol. The summed E-state index contributed by atoms with van der Waals surface area (Å²) in [6.07, 6.45) is 1.18. The molecule has 0 atom stereocenters. The van der Waals surface area contributed by atoms with Crippen LogP contribution in [-0.4, -0.2) is 66.6 Å². The largest absolute Gasteiger partial charge is 0.384 e. The molecule has 11 nitrogen and oxygen atoms in total. The molecule has 0 unspecified atom stereocenters. The zero-order valence-corrected chi connectivity index (χ0v) is 17.5. The van der Waals surface area contributed by atoms with Gasteiger partial charge < -0.3 is 13.7 Å². The molecule has 0 radical (unpaired) electrons. The number of carbonyl (C=O) groups is 1. The zero-order valence-electron chi connectivity index (χ0n) is 15.8. The van der Waals surface area contributed by atoms with Crippen molar-refractivity contribution in [1.82, 2.24) is 13.9 Å². The summed E-state index contributed by atoms with van der Waals surface area (Å²) in [6, 6.07) is 5.30. The number of amides is 1. The Labute approximate surface area is 164 Å². The van der Waals surface area contributed by atoms with Gasteiger partial charge in [-0.15, -0.1) is 0 Å². The molecule has 1 N–H and O–H groups in total. The molecule has 0 spiro atoms. The number of nitriles is 1. The molecular weight excluding hydrogens is 412 g/mol. The lowest BCUT2D eigenvalue weighted by molar-refractivity contribution is -0.116. The molecule has 0 heterocycles. The van der Waals surface area contributed by atoms with Gasteiger partial charge >= 0.3 is 20.6 Å². The molecule has 1 amide bonds. The van der Waals surface area contributed by atoms with Crippen molar-refractivity contribution in [3.63, 3.8) is 0 Å². The maximum absolute atomic E-state index is 12.1. The maximum Gasteiger partial charge on any atom is 0.384 e. The number of nitrogens with one attached hydrogen (secondary N) is 1. The molecule has 154 valence electrons. The van der Waals surface area contributed by atoms with E-state index >= 15 is 0 Å². The molecule has 1 aromatic carbocycles. The first-order valence-electron chi connectivity index (χ1n) is 7.56. The van der Waals surface area contributed by atoms with Gasteiger partial charge in [0.05, 0.1) is 0 Å². The molecule has 0 aromatic heterocycles. The average molecular weight is 432 g/mol. The Balaban J connectivity index is 3.53. The maximum atomic E-state index is 12.1. The molecular formula is C15H20N4O7S2. The number of rotatable bonds is 8. The minimum absolute atomic E-state index is 0.207. The minimum atomic E-state index is -4.24. The van der Waals surface area contributed by atoms with Gasteiger partial charge in [-0.3, -0.25) is 4.79 Å². The molecule has 1 rings (SSSR count). The predicted molar refractivity (Wildman–Crippen MR) is 101 cm³/mol. The summed E-state index contributed by atoms with van der Waals surface area (Å²) in [4.78, 5) is 11.6. The van der Waals surface area contributed by atoms with E-state index in [1.54, 1.807) is 6.07 Å². The number of hydrogen-bond acceptors (Lipinski definition) is 8. The molecule has 0 fully saturated rings. The van der Waals surface area contributed by atoms with E-state index in [9.17, 15) is 21.6 Å². The standard InChI is InChI=1S/C15H20N4O7S2/c1-17-15(20)12(10-16)8-11-6-7-13(25-27(21,22)18(2)3)14(9-11)26-28(23,24)19(4)5/h6-9H,1-5H3,(H,17,20)/b12-8+. The minimum Gasteiger partial charge on any atom is -0.367 e. The van der Waals surface area contributed by atoms with Gasteiger partial charge in [-0.25, -0.2) is 0 Å². The van der Waals surface area contributed by atoms with Crippen LogP contribution in [0.1, 0.15) is 5.56 Å². The molecule has 0 saturated carbocycles. The summed E-state index contributed by atoms with van der Waals surface area (Å²) >= 11 is 0. The normalized spacial score (nSPS) is 12.6. The lowest BCUT2D eigenvalue weighted by Gasteiger charge is -2.17. The zero-order chi connectivity index (χ0) is 21.7. The van der Waals surface area contributed by atoms with Gasteiger partial charge in [0.15, 0.2) is 11.5 Å². The molecule has 0 saturated heterocycles. The topological polar surface area (TPSA) is 146 Å². The number of nitrogens with zero attached hydrogens (tertiary/aromatic N) is 3. The molecule has 0 aliphatic carbocycles. The highest BCUT2D eigenvalue weighted by molar-refractivity contribution is 7.85. The van der Waals surface area contributed by atoms with Crippen LogP contribution in [0.4, 0.5) is 0 Å². The average Bonchev–Trinajstić information content (AvgIpc) is 2.60. The van der Waals surface area contributed by atoms with E-state index in [1.807, 2.05) is 0 Å². The van der Waals surface area contributed by atoms with Crippen molar-refractivity contribution < 1.29 is 30.0 Å². The van der Waals surface area contributed by atoms with E-state index in [2.05, 4.69) is 5.32 Å². The summed E-state index contributed by atoms with van der Waals surface area (Å²) in [5, 5.41) is 11.3. The molecule has 1 aromatic rings. The second-order valence-electron chi connectivity index (χ2n) is 5.60. The predicted octanol–water partition coefficient (Wildman–Crippen LogP) is -0.290. The van der Waals surface area contributed by atoms with Gasteiger partial charge in [-0.2, -0.15) is 30.7 Å². The van der Waals surface area contributed by atoms with Crippen molar-refractivity contribution in [2.75, 3.05) is 35.2 Å². The van der Waals surface area contributed by atoms with E-state index < -0.39 is 38.0 Å². The van der Waals surface area contributed by atoms with Crippen molar-refractivity contribution in [1.29, 1.82) is 5.26 Å². The Morgan fingerprint density at radius 1 is 1.04 bits per heavy atom. The summed E-state index contributed by atoms with van der Waals surface area (Å²) in [7, 11) is -2.20. The van der Waals surface area contributed by atoms with Crippen molar-refractivity contribution in [3.8, 4) is 17.6 Å². The van der Waals surface area contributed by atoms with Crippen molar-refractivity contribution in [3.05, 3.63) is 29.3 Å². The number of likely N-dealkylation sites (N-methyl/N-ethyl adjacent to an activating group) is 1. The first-order valence-corrected chi connectivity index (χ1v) is 10.3. The van der Waals surface area contributed by atoms with Gasteiger partial charge in [0.25, 0.3) is 5.91 Å². The van der Waals surface area contributed by atoms with Gasteiger partial charge in [0.1, 0.15) is 11.6 Å². The van der Waals surface area contributed by atoms with E-state index in [1.165, 1.54) is 47.4 Å². The van der Waals surface area contributed by atoms with Crippen LogP contribution in [0.25, 0.3) is 6.08 Å². The molecule has 28 heavy (non-hydrogen) atoms. The second-order valence-corrected chi connectivity index (χ2v) is 9.11. The van der Waals surface area contributed by atoms with Gasteiger partial charge in [-0.05, 0) is 23.8 Å².